The predicted octanol–water partition coefficient (Wildman–Crippen LogP) is 3.04. The quantitative estimate of drug-likeness (QED) is 0.797. The van der Waals surface area contributed by atoms with Gasteiger partial charge in [-0.3, -0.25) is 4.79 Å². The van der Waals surface area contributed by atoms with E-state index < -0.39 is 5.97 Å². The van der Waals surface area contributed by atoms with E-state index in [4.69, 9.17) is 4.74 Å². The lowest BCUT2D eigenvalue weighted by Gasteiger charge is -2.12. The third kappa shape index (κ3) is 2.88. The van der Waals surface area contributed by atoms with Crippen LogP contribution in [0.3, 0.4) is 0 Å². The van der Waals surface area contributed by atoms with Gasteiger partial charge in [0.15, 0.2) is 5.78 Å². The molecule has 2 aromatic rings. The van der Waals surface area contributed by atoms with Crippen molar-refractivity contribution in [3.05, 3.63) is 47.0 Å². The minimum atomic E-state index is -0.470. The Morgan fingerprint density at radius 3 is 2.55 bits per heavy atom. The number of fused-ring (bicyclic) bond motifs is 1. The fourth-order valence-electron chi connectivity index (χ4n) is 2.38. The number of rotatable bonds is 2. The highest BCUT2D eigenvalue weighted by Crippen LogP contribution is 2.20. The molecule has 112 valence electrons. The Morgan fingerprint density at radius 2 is 1.82 bits per heavy atom. The maximum Gasteiger partial charge on any atom is 0.343 e. The van der Waals surface area contributed by atoms with E-state index in [-0.39, 0.29) is 5.78 Å². The molecule has 0 unspecified atom stereocenters. The molecule has 0 amide bonds. The second-order valence-corrected chi connectivity index (χ2v) is 5.42. The Kier molecular flexibility index (Phi) is 3.71. The molecule has 5 nitrogen and oxygen atoms in total. The summed E-state index contributed by atoms with van der Waals surface area (Å²) in [6.07, 6.45) is 3.27. The van der Waals surface area contributed by atoms with Gasteiger partial charge in [0.2, 0.25) is 0 Å². The number of aryl methyl sites for hydroxylation is 2. The molecule has 5 heteroatoms. The van der Waals surface area contributed by atoms with Crippen molar-refractivity contribution in [2.75, 3.05) is 0 Å². The van der Waals surface area contributed by atoms with Gasteiger partial charge in [-0.05, 0) is 38.5 Å². The topological polar surface area (TPSA) is 69.2 Å². The van der Waals surface area contributed by atoms with Gasteiger partial charge in [-0.1, -0.05) is 0 Å². The first-order chi connectivity index (χ1) is 10.5. The lowest BCUT2D eigenvalue weighted by molar-refractivity contribution is -0.115. The summed E-state index contributed by atoms with van der Waals surface area (Å²) in [5, 5.41) is 0. The Morgan fingerprint density at radius 1 is 1.09 bits per heavy atom. The second-order valence-electron chi connectivity index (χ2n) is 5.42. The van der Waals surface area contributed by atoms with Crippen molar-refractivity contribution in [1.82, 2.24) is 9.97 Å². The molecule has 0 bridgehead atoms. The largest absolute Gasteiger partial charge is 0.427 e. The number of aromatic nitrogens is 2. The number of esters is 1. The summed E-state index contributed by atoms with van der Waals surface area (Å²) in [6, 6.07) is 5.09. The third-order valence-electron chi connectivity index (χ3n) is 3.70. The van der Waals surface area contributed by atoms with Crippen LogP contribution in [0.15, 0.2) is 30.0 Å². The summed E-state index contributed by atoms with van der Waals surface area (Å²) in [6.45, 7) is 3.78. The number of carbonyl (C=O) groups is 2. The van der Waals surface area contributed by atoms with Crippen LogP contribution in [-0.4, -0.2) is 21.7 Å². The third-order valence-corrected chi connectivity index (χ3v) is 3.70. The first kappa shape index (κ1) is 14.4. The normalized spacial score (nSPS) is 14.8. The van der Waals surface area contributed by atoms with Gasteiger partial charge in [0.05, 0.1) is 28.0 Å². The van der Waals surface area contributed by atoms with Crippen molar-refractivity contribution in [2.24, 2.45) is 0 Å². The molecule has 0 saturated heterocycles. The highest BCUT2D eigenvalue weighted by atomic mass is 16.5. The number of carbonyl (C=O) groups excluding carboxylic acids is 2. The minimum Gasteiger partial charge on any atom is -0.427 e. The Balaban J connectivity index is 1.88. The van der Waals surface area contributed by atoms with E-state index in [1.165, 1.54) is 6.08 Å². The summed E-state index contributed by atoms with van der Waals surface area (Å²) < 4.78 is 5.30. The van der Waals surface area contributed by atoms with Gasteiger partial charge in [-0.25, -0.2) is 14.8 Å². The van der Waals surface area contributed by atoms with Gasteiger partial charge in [-0.15, -0.1) is 0 Å². The molecule has 1 aromatic heterocycles. The zero-order valence-electron chi connectivity index (χ0n) is 12.5. The lowest BCUT2D eigenvalue weighted by Crippen LogP contribution is -2.10. The minimum absolute atomic E-state index is 0.00419. The van der Waals surface area contributed by atoms with E-state index >= 15 is 0 Å². The van der Waals surface area contributed by atoms with Crippen LogP contribution < -0.4 is 0 Å². The summed E-state index contributed by atoms with van der Waals surface area (Å²) in [5.74, 6) is -0.0278. The van der Waals surface area contributed by atoms with Crippen molar-refractivity contribution in [2.45, 2.75) is 33.1 Å². The molecular weight excluding hydrogens is 280 g/mol. The average Bonchev–Trinajstić information content (AvgIpc) is 2.48. The average molecular weight is 296 g/mol. The molecule has 0 saturated carbocycles. The van der Waals surface area contributed by atoms with Crippen LogP contribution in [0.5, 0.6) is 0 Å². The number of ketones is 1. The summed E-state index contributed by atoms with van der Waals surface area (Å²) in [7, 11) is 0. The SMILES string of the molecule is Cc1nc2ccc(C(=O)OC3=CC(=O)CCC3)cc2nc1C. The van der Waals surface area contributed by atoms with Gasteiger partial charge in [0.1, 0.15) is 5.76 Å². The van der Waals surface area contributed by atoms with Gasteiger partial charge in [-0.2, -0.15) is 0 Å². The Hall–Kier alpha value is -2.56. The highest BCUT2D eigenvalue weighted by molar-refractivity contribution is 5.95. The number of benzene rings is 1. The van der Waals surface area contributed by atoms with Crippen molar-refractivity contribution in [1.29, 1.82) is 0 Å². The summed E-state index contributed by atoms with van der Waals surface area (Å²) in [5.41, 5.74) is 3.51. The molecule has 0 atom stereocenters. The number of allylic oxidation sites excluding steroid dienone is 2. The predicted molar refractivity (Wildman–Crippen MR) is 81.4 cm³/mol. The van der Waals surface area contributed by atoms with E-state index in [0.29, 0.717) is 29.7 Å². The summed E-state index contributed by atoms with van der Waals surface area (Å²) >= 11 is 0. The molecule has 1 aliphatic rings. The second kappa shape index (κ2) is 5.67. The zero-order chi connectivity index (χ0) is 15.7. The van der Waals surface area contributed by atoms with E-state index in [1.54, 1.807) is 18.2 Å². The monoisotopic (exact) mass is 296 g/mol. The van der Waals surface area contributed by atoms with E-state index in [2.05, 4.69) is 9.97 Å². The Bertz CT molecular complexity index is 809. The lowest BCUT2D eigenvalue weighted by atomic mass is 10.1. The highest BCUT2D eigenvalue weighted by Gasteiger charge is 2.16. The Labute approximate surface area is 128 Å². The van der Waals surface area contributed by atoms with Crippen molar-refractivity contribution < 1.29 is 14.3 Å². The van der Waals surface area contributed by atoms with Crippen LogP contribution in [0, 0.1) is 13.8 Å². The van der Waals surface area contributed by atoms with Gasteiger partial charge in [0, 0.05) is 18.9 Å². The van der Waals surface area contributed by atoms with Crippen LogP contribution in [0.25, 0.3) is 11.0 Å². The maximum absolute atomic E-state index is 12.2. The van der Waals surface area contributed by atoms with E-state index in [1.807, 2.05) is 13.8 Å². The number of nitrogens with zero attached hydrogens (tertiary/aromatic N) is 2. The van der Waals surface area contributed by atoms with Crippen molar-refractivity contribution >= 4 is 22.8 Å². The van der Waals surface area contributed by atoms with Crippen molar-refractivity contribution in [3.8, 4) is 0 Å². The summed E-state index contributed by atoms with van der Waals surface area (Å²) in [4.78, 5) is 32.4. The molecule has 1 heterocycles. The molecule has 1 aliphatic carbocycles. The molecule has 0 radical (unpaired) electrons. The molecular formula is C17H16N2O3. The van der Waals surface area contributed by atoms with Crippen LogP contribution in [0.2, 0.25) is 0 Å². The molecule has 1 aromatic carbocycles. The molecule has 0 spiro atoms. The van der Waals surface area contributed by atoms with Crippen molar-refractivity contribution in [3.63, 3.8) is 0 Å². The van der Waals surface area contributed by atoms with Gasteiger partial charge < -0.3 is 4.74 Å². The standard InChI is InChI=1S/C17H16N2O3/c1-10-11(2)19-16-8-12(6-7-15(16)18-10)17(21)22-14-5-3-4-13(20)9-14/h6-9H,3-5H2,1-2H3. The maximum atomic E-state index is 12.2. The smallest absolute Gasteiger partial charge is 0.343 e. The number of hydrogen-bond acceptors (Lipinski definition) is 5. The fourth-order valence-corrected chi connectivity index (χ4v) is 2.38. The molecule has 3 rings (SSSR count). The van der Waals surface area contributed by atoms with E-state index in [9.17, 15) is 9.59 Å². The molecule has 0 N–H and O–H groups in total. The van der Waals surface area contributed by atoms with Gasteiger partial charge in [0.25, 0.3) is 0 Å². The number of hydrogen-bond donors (Lipinski definition) is 0. The van der Waals surface area contributed by atoms with Crippen LogP contribution >= 0.6 is 0 Å². The van der Waals surface area contributed by atoms with Gasteiger partial charge >= 0.3 is 5.97 Å². The fraction of sp³-hybridized carbons (Fsp3) is 0.294. The molecule has 22 heavy (non-hydrogen) atoms. The molecule has 0 aliphatic heterocycles. The van der Waals surface area contributed by atoms with Crippen LogP contribution in [-0.2, 0) is 9.53 Å². The zero-order valence-corrected chi connectivity index (χ0v) is 12.5. The van der Waals surface area contributed by atoms with E-state index in [0.717, 1.165) is 23.3 Å². The van der Waals surface area contributed by atoms with Crippen LogP contribution in [0.1, 0.15) is 41.0 Å². The molecule has 0 fully saturated rings. The number of ether oxygens (including phenoxy) is 1. The first-order valence-electron chi connectivity index (χ1n) is 7.23. The first-order valence-corrected chi connectivity index (χ1v) is 7.23. The van der Waals surface area contributed by atoms with Crippen LogP contribution in [0.4, 0.5) is 0 Å².